The van der Waals surface area contributed by atoms with Crippen LogP contribution in [0.3, 0.4) is 0 Å². The highest BCUT2D eigenvalue weighted by molar-refractivity contribution is 5.94. The molecule has 2 heteroatoms. The number of nitrogens with zero attached hydrogens (tertiary/aromatic N) is 1. The Morgan fingerprint density at radius 3 is 2.87 bits per heavy atom. The van der Waals surface area contributed by atoms with Crippen LogP contribution in [0.25, 0.3) is 0 Å². The predicted octanol–water partition coefficient (Wildman–Crippen LogP) is 2.47. The molecular weight excluding hydrogens is 186 g/mol. The van der Waals surface area contributed by atoms with Gasteiger partial charge in [0.25, 0.3) is 0 Å². The maximum atomic E-state index is 11.4. The van der Waals surface area contributed by atoms with Crippen LogP contribution in [-0.2, 0) is 11.2 Å². The third kappa shape index (κ3) is 1.36. The Morgan fingerprint density at radius 2 is 2.20 bits per heavy atom. The summed E-state index contributed by atoms with van der Waals surface area (Å²) in [5.41, 5.74) is 4.08. The fourth-order valence-electron chi connectivity index (χ4n) is 2.57. The van der Waals surface area contributed by atoms with Gasteiger partial charge in [0.2, 0.25) is 5.91 Å². The van der Waals surface area contributed by atoms with Crippen molar-refractivity contribution in [3.63, 3.8) is 0 Å². The smallest absolute Gasteiger partial charge is 0.223 e. The second-order valence-electron chi connectivity index (χ2n) is 4.54. The molecule has 0 unspecified atom stereocenters. The summed E-state index contributed by atoms with van der Waals surface area (Å²) in [6.45, 7) is 2.52. The zero-order valence-electron chi connectivity index (χ0n) is 8.99. The van der Waals surface area contributed by atoms with Crippen LogP contribution in [0, 0.1) is 0 Å². The van der Waals surface area contributed by atoms with Gasteiger partial charge in [-0.05, 0) is 42.4 Å². The maximum Gasteiger partial charge on any atom is 0.223 e. The van der Waals surface area contributed by atoms with E-state index in [0.29, 0.717) is 0 Å². The Morgan fingerprint density at radius 1 is 1.40 bits per heavy atom. The van der Waals surface area contributed by atoms with Crippen molar-refractivity contribution in [2.75, 3.05) is 11.4 Å². The van der Waals surface area contributed by atoms with Gasteiger partial charge >= 0.3 is 0 Å². The van der Waals surface area contributed by atoms with E-state index in [9.17, 15) is 4.79 Å². The number of rotatable bonds is 1. The Hall–Kier alpha value is -1.31. The molecule has 1 aromatic rings. The molecule has 0 saturated heterocycles. The van der Waals surface area contributed by atoms with E-state index in [0.717, 1.165) is 24.6 Å². The van der Waals surface area contributed by atoms with E-state index in [2.05, 4.69) is 18.2 Å². The van der Waals surface area contributed by atoms with Crippen LogP contribution in [0.5, 0.6) is 0 Å². The molecule has 1 fully saturated rings. The minimum Gasteiger partial charge on any atom is -0.312 e. The van der Waals surface area contributed by atoms with Crippen molar-refractivity contribution >= 4 is 11.6 Å². The Bertz CT molecular complexity index is 421. The molecule has 1 aliphatic heterocycles. The molecule has 1 amide bonds. The molecule has 1 saturated carbocycles. The zero-order chi connectivity index (χ0) is 10.4. The lowest BCUT2D eigenvalue weighted by Crippen LogP contribution is -2.25. The molecule has 3 rings (SSSR count). The largest absolute Gasteiger partial charge is 0.312 e. The molecule has 1 aliphatic carbocycles. The highest BCUT2D eigenvalue weighted by atomic mass is 16.2. The van der Waals surface area contributed by atoms with Crippen LogP contribution in [0.4, 0.5) is 5.69 Å². The van der Waals surface area contributed by atoms with E-state index in [1.165, 1.54) is 24.0 Å². The summed E-state index contributed by atoms with van der Waals surface area (Å²) in [6, 6.07) is 6.41. The van der Waals surface area contributed by atoms with Crippen molar-refractivity contribution in [2.24, 2.45) is 0 Å². The topological polar surface area (TPSA) is 20.3 Å². The van der Waals surface area contributed by atoms with E-state index in [4.69, 9.17) is 0 Å². The standard InChI is InChI=1S/C13H15NO/c1-9(15)14-8-7-12-11(10-5-6-10)3-2-4-13(12)14/h2-4,10H,5-8H2,1H3. The molecule has 0 aromatic heterocycles. The van der Waals surface area contributed by atoms with Crippen molar-refractivity contribution < 1.29 is 4.79 Å². The van der Waals surface area contributed by atoms with E-state index < -0.39 is 0 Å². The third-order valence-electron chi connectivity index (χ3n) is 3.46. The summed E-state index contributed by atoms with van der Waals surface area (Å²) in [5, 5.41) is 0. The minimum atomic E-state index is 0.168. The molecule has 0 radical (unpaired) electrons. The van der Waals surface area contributed by atoms with Gasteiger partial charge in [-0.2, -0.15) is 0 Å². The minimum absolute atomic E-state index is 0.168. The number of carbonyl (C=O) groups is 1. The quantitative estimate of drug-likeness (QED) is 0.683. The predicted molar refractivity (Wildman–Crippen MR) is 60.1 cm³/mol. The first-order chi connectivity index (χ1) is 7.27. The van der Waals surface area contributed by atoms with E-state index >= 15 is 0 Å². The van der Waals surface area contributed by atoms with Crippen molar-refractivity contribution in [3.05, 3.63) is 29.3 Å². The second kappa shape index (κ2) is 3.09. The van der Waals surface area contributed by atoms with Gasteiger partial charge in [0, 0.05) is 19.2 Å². The van der Waals surface area contributed by atoms with Crippen LogP contribution >= 0.6 is 0 Å². The molecule has 2 aliphatic rings. The first kappa shape index (κ1) is 8.96. The molecule has 2 nitrogen and oxygen atoms in total. The number of benzene rings is 1. The number of hydrogen-bond acceptors (Lipinski definition) is 1. The van der Waals surface area contributed by atoms with E-state index in [1.54, 1.807) is 6.92 Å². The van der Waals surface area contributed by atoms with E-state index in [-0.39, 0.29) is 5.91 Å². The average Bonchev–Trinajstić information content (AvgIpc) is 2.96. The van der Waals surface area contributed by atoms with Crippen LogP contribution in [0.1, 0.15) is 36.8 Å². The molecule has 1 aromatic carbocycles. The average molecular weight is 201 g/mol. The number of amides is 1. The van der Waals surface area contributed by atoms with Gasteiger partial charge in [0.15, 0.2) is 0 Å². The molecular formula is C13H15NO. The van der Waals surface area contributed by atoms with Gasteiger partial charge in [0.1, 0.15) is 0 Å². The lowest BCUT2D eigenvalue weighted by molar-refractivity contribution is -0.116. The van der Waals surface area contributed by atoms with Crippen molar-refractivity contribution in [3.8, 4) is 0 Å². The lowest BCUT2D eigenvalue weighted by atomic mass is 10.0. The SMILES string of the molecule is CC(=O)N1CCc2c(C3CC3)cccc21. The molecule has 0 bridgehead atoms. The van der Waals surface area contributed by atoms with Gasteiger partial charge < -0.3 is 4.90 Å². The number of fused-ring (bicyclic) bond motifs is 1. The summed E-state index contributed by atoms with van der Waals surface area (Å²) >= 11 is 0. The number of carbonyl (C=O) groups excluding carboxylic acids is 1. The maximum absolute atomic E-state index is 11.4. The van der Waals surface area contributed by atoms with Crippen molar-refractivity contribution in [1.82, 2.24) is 0 Å². The summed E-state index contributed by atoms with van der Waals surface area (Å²) < 4.78 is 0. The summed E-state index contributed by atoms with van der Waals surface area (Å²) in [4.78, 5) is 13.3. The molecule has 0 N–H and O–H groups in total. The van der Waals surface area contributed by atoms with Crippen LogP contribution in [0.15, 0.2) is 18.2 Å². The highest BCUT2D eigenvalue weighted by Gasteiger charge is 2.31. The molecule has 15 heavy (non-hydrogen) atoms. The number of hydrogen-bond donors (Lipinski definition) is 0. The van der Waals surface area contributed by atoms with Crippen molar-refractivity contribution in [1.29, 1.82) is 0 Å². The van der Waals surface area contributed by atoms with Gasteiger partial charge in [-0.3, -0.25) is 4.79 Å². The van der Waals surface area contributed by atoms with Gasteiger partial charge in [-0.15, -0.1) is 0 Å². The molecule has 0 spiro atoms. The zero-order valence-corrected chi connectivity index (χ0v) is 8.99. The monoisotopic (exact) mass is 201 g/mol. The Balaban J connectivity index is 2.06. The Kier molecular flexibility index (Phi) is 1.84. The lowest BCUT2D eigenvalue weighted by Gasteiger charge is -2.15. The fraction of sp³-hybridized carbons (Fsp3) is 0.462. The summed E-state index contributed by atoms with van der Waals surface area (Å²) in [6.07, 6.45) is 3.70. The van der Waals surface area contributed by atoms with Crippen LogP contribution in [-0.4, -0.2) is 12.5 Å². The Labute approximate surface area is 89.9 Å². The normalized spacial score (nSPS) is 19.1. The second-order valence-corrected chi connectivity index (χ2v) is 4.54. The first-order valence-electron chi connectivity index (χ1n) is 5.67. The van der Waals surface area contributed by atoms with Gasteiger partial charge in [0.05, 0.1) is 0 Å². The molecule has 1 heterocycles. The van der Waals surface area contributed by atoms with Crippen molar-refractivity contribution in [2.45, 2.75) is 32.1 Å². The summed E-state index contributed by atoms with van der Waals surface area (Å²) in [7, 11) is 0. The highest BCUT2D eigenvalue weighted by Crippen LogP contribution is 2.45. The molecule has 0 atom stereocenters. The fourth-order valence-corrected chi connectivity index (χ4v) is 2.57. The van der Waals surface area contributed by atoms with Gasteiger partial charge in [-0.25, -0.2) is 0 Å². The van der Waals surface area contributed by atoms with E-state index in [1.807, 2.05) is 4.90 Å². The van der Waals surface area contributed by atoms with Gasteiger partial charge in [-0.1, -0.05) is 12.1 Å². The third-order valence-corrected chi connectivity index (χ3v) is 3.46. The van der Waals surface area contributed by atoms with Crippen LogP contribution in [0.2, 0.25) is 0 Å². The van der Waals surface area contributed by atoms with Crippen LogP contribution < -0.4 is 4.90 Å². The first-order valence-corrected chi connectivity index (χ1v) is 5.67. The number of anilines is 1. The molecule has 78 valence electrons. The summed E-state index contributed by atoms with van der Waals surface area (Å²) in [5.74, 6) is 0.952.